The molecule has 0 fully saturated rings. The lowest BCUT2D eigenvalue weighted by atomic mass is 10.2. The molecule has 5 nitrogen and oxygen atoms in total. The van der Waals surface area contributed by atoms with E-state index in [1.165, 1.54) is 11.8 Å². The minimum Gasteiger partial charge on any atom is -0.493 e. The summed E-state index contributed by atoms with van der Waals surface area (Å²) in [5, 5.41) is 0.510. The van der Waals surface area contributed by atoms with Gasteiger partial charge in [0.2, 0.25) is 0 Å². The number of ether oxygens (including phenoxy) is 2. The number of hydrogen-bond acceptors (Lipinski definition) is 4. The van der Waals surface area contributed by atoms with Gasteiger partial charge in [-0.05, 0) is 6.42 Å². The van der Waals surface area contributed by atoms with Crippen molar-refractivity contribution in [1.29, 1.82) is 0 Å². The fourth-order valence-electron chi connectivity index (χ4n) is 1.75. The van der Waals surface area contributed by atoms with Crippen molar-refractivity contribution >= 4 is 11.0 Å². The number of benzene rings is 1. The lowest BCUT2D eigenvalue weighted by Gasteiger charge is -2.05. The molecule has 0 unspecified atom stereocenters. The molecule has 0 saturated carbocycles. The Kier molecular flexibility index (Phi) is 3.08. The van der Waals surface area contributed by atoms with Crippen LogP contribution in [0.4, 0.5) is 0 Å². The maximum atomic E-state index is 12.0. The van der Waals surface area contributed by atoms with Gasteiger partial charge in [-0.25, -0.2) is 0 Å². The van der Waals surface area contributed by atoms with E-state index in [2.05, 4.69) is 0 Å². The standard InChI is InChI=1S/C12H15NO4/c1-4-5-13-12(14)8-6-10(15-2)11(16-3)7-9(8)17-13/h6-7H,4-5H2,1-3H3. The van der Waals surface area contributed by atoms with Crippen LogP contribution in [0, 0.1) is 0 Å². The highest BCUT2D eigenvalue weighted by Crippen LogP contribution is 2.30. The summed E-state index contributed by atoms with van der Waals surface area (Å²) in [6, 6.07) is 3.31. The zero-order chi connectivity index (χ0) is 12.4. The van der Waals surface area contributed by atoms with E-state index in [0.717, 1.165) is 6.42 Å². The molecule has 2 rings (SSSR count). The van der Waals surface area contributed by atoms with Gasteiger partial charge in [0.1, 0.15) is 0 Å². The number of nitrogens with zero attached hydrogens (tertiary/aromatic N) is 1. The van der Waals surface area contributed by atoms with E-state index < -0.39 is 0 Å². The Labute approximate surface area is 98.5 Å². The molecular weight excluding hydrogens is 222 g/mol. The van der Waals surface area contributed by atoms with E-state index in [1.54, 1.807) is 19.2 Å². The molecular formula is C12H15NO4. The lowest BCUT2D eigenvalue weighted by Crippen LogP contribution is -2.13. The Hall–Kier alpha value is -1.91. The molecule has 0 amide bonds. The zero-order valence-corrected chi connectivity index (χ0v) is 10.1. The SMILES string of the molecule is CCCn1oc2cc(OC)c(OC)cc2c1=O. The van der Waals surface area contributed by atoms with Crippen LogP contribution in [0.1, 0.15) is 13.3 Å². The van der Waals surface area contributed by atoms with Gasteiger partial charge in [-0.15, -0.1) is 0 Å². The monoisotopic (exact) mass is 237 g/mol. The van der Waals surface area contributed by atoms with Gasteiger partial charge in [0.05, 0.1) is 26.2 Å². The summed E-state index contributed by atoms with van der Waals surface area (Å²) < 4.78 is 17.1. The van der Waals surface area contributed by atoms with E-state index in [1.807, 2.05) is 6.92 Å². The second-order valence-electron chi connectivity index (χ2n) is 3.70. The summed E-state index contributed by atoms with van der Waals surface area (Å²) in [5.74, 6) is 1.08. The van der Waals surface area contributed by atoms with Crippen LogP contribution in [-0.4, -0.2) is 19.0 Å². The molecule has 17 heavy (non-hydrogen) atoms. The summed E-state index contributed by atoms with van der Waals surface area (Å²) in [7, 11) is 3.08. The van der Waals surface area contributed by atoms with Crippen LogP contribution in [-0.2, 0) is 6.54 Å². The van der Waals surface area contributed by atoms with Crippen LogP contribution in [0.25, 0.3) is 11.0 Å². The van der Waals surface area contributed by atoms with Gasteiger partial charge in [0.25, 0.3) is 5.56 Å². The first-order valence-electron chi connectivity index (χ1n) is 5.47. The maximum Gasteiger partial charge on any atom is 0.290 e. The number of hydrogen-bond donors (Lipinski definition) is 0. The maximum absolute atomic E-state index is 12.0. The van der Waals surface area contributed by atoms with Gasteiger partial charge >= 0.3 is 0 Å². The second-order valence-corrected chi connectivity index (χ2v) is 3.70. The first-order chi connectivity index (χ1) is 8.21. The Morgan fingerprint density at radius 3 is 2.47 bits per heavy atom. The van der Waals surface area contributed by atoms with Crippen molar-refractivity contribution in [2.24, 2.45) is 0 Å². The third-order valence-electron chi connectivity index (χ3n) is 2.58. The number of rotatable bonds is 4. The van der Waals surface area contributed by atoms with Crippen LogP contribution in [0.15, 0.2) is 21.5 Å². The highest BCUT2D eigenvalue weighted by atomic mass is 16.5. The molecule has 0 radical (unpaired) electrons. The van der Waals surface area contributed by atoms with Crippen molar-refractivity contribution in [2.45, 2.75) is 19.9 Å². The fourth-order valence-corrected chi connectivity index (χ4v) is 1.75. The molecule has 0 aliphatic carbocycles. The average Bonchev–Trinajstić information content (AvgIpc) is 2.65. The summed E-state index contributed by atoms with van der Waals surface area (Å²) in [6.45, 7) is 2.55. The van der Waals surface area contributed by atoms with Gasteiger partial charge in [-0.3, -0.25) is 4.79 Å². The van der Waals surface area contributed by atoms with Crippen molar-refractivity contribution < 1.29 is 14.0 Å². The minimum atomic E-state index is -0.136. The van der Waals surface area contributed by atoms with E-state index >= 15 is 0 Å². The lowest BCUT2D eigenvalue weighted by molar-refractivity contribution is 0.280. The topological polar surface area (TPSA) is 53.6 Å². The fraction of sp³-hybridized carbons (Fsp3) is 0.417. The highest BCUT2D eigenvalue weighted by Gasteiger charge is 2.14. The molecule has 0 bridgehead atoms. The van der Waals surface area contributed by atoms with Gasteiger partial charge in [0.15, 0.2) is 17.1 Å². The largest absolute Gasteiger partial charge is 0.493 e. The van der Waals surface area contributed by atoms with Gasteiger partial charge < -0.3 is 14.0 Å². The van der Waals surface area contributed by atoms with E-state index in [4.69, 9.17) is 14.0 Å². The third kappa shape index (κ3) is 1.88. The summed E-state index contributed by atoms with van der Waals surface area (Å²) in [6.07, 6.45) is 0.841. The molecule has 0 spiro atoms. The van der Waals surface area contributed by atoms with E-state index in [-0.39, 0.29) is 5.56 Å². The van der Waals surface area contributed by atoms with E-state index in [9.17, 15) is 4.79 Å². The molecule has 1 aromatic heterocycles. The zero-order valence-electron chi connectivity index (χ0n) is 10.1. The molecule has 0 aliphatic rings. The van der Waals surface area contributed by atoms with Gasteiger partial charge in [0, 0.05) is 12.1 Å². The van der Waals surface area contributed by atoms with Gasteiger partial charge in [-0.1, -0.05) is 6.92 Å². The molecule has 0 aliphatic heterocycles. The van der Waals surface area contributed by atoms with Crippen molar-refractivity contribution in [3.8, 4) is 11.5 Å². The van der Waals surface area contributed by atoms with Crippen LogP contribution < -0.4 is 15.0 Å². The van der Waals surface area contributed by atoms with Crippen LogP contribution in [0.3, 0.4) is 0 Å². The first-order valence-corrected chi connectivity index (χ1v) is 5.47. The minimum absolute atomic E-state index is 0.136. The second kappa shape index (κ2) is 4.53. The molecule has 92 valence electrons. The molecule has 2 aromatic rings. The molecule has 1 heterocycles. The number of fused-ring (bicyclic) bond motifs is 1. The molecule has 0 saturated heterocycles. The number of methoxy groups -OCH3 is 2. The quantitative estimate of drug-likeness (QED) is 0.816. The smallest absolute Gasteiger partial charge is 0.290 e. The third-order valence-corrected chi connectivity index (χ3v) is 2.58. The predicted octanol–water partition coefficient (Wildman–Crippen LogP) is 2.02. The average molecular weight is 237 g/mol. The molecule has 0 N–H and O–H groups in total. The summed E-state index contributed by atoms with van der Waals surface area (Å²) in [5.41, 5.74) is 0.379. The predicted molar refractivity (Wildman–Crippen MR) is 63.9 cm³/mol. The van der Waals surface area contributed by atoms with Crippen molar-refractivity contribution in [1.82, 2.24) is 4.74 Å². The molecule has 5 heteroatoms. The van der Waals surface area contributed by atoms with Crippen LogP contribution in [0.2, 0.25) is 0 Å². The normalized spacial score (nSPS) is 10.8. The first kappa shape index (κ1) is 11.6. The van der Waals surface area contributed by atoms with Crippen molar-refractivity contribution in [3.05, 3.63) is 22.5 Å². The van der Waals surface area contributed by atoms with Crippen molar-refractivity contribution in [3.63, 3.8) is 0 Å². The molecule has 1 aromatic carbocycles. The highest BCUT2D eigenvalue weighted by molar-refractivity contribution is 5.80. The Morgan fingerprint density at radius 1 is 1.24 bits per heavy atom. The Morgan fingerprint density at radius 2 is 1.88 bits per heavy atom. The summed E-state index contributed by atoms with van der Waals surface area (Å²) >= 11 is 0. The number of aryl methyl sites for hydroxylation is 1. The molecule has 0 atom stereocenters. The van der Waals surface area contributed by atoms with Crippen molar-refractivity contribution in [2.75, 3.05) is 14.2 Å². The number of aromatic nitrogens is 1. The Balaban J connectivity index is 2.66. The van der Waals surface area contributed by atoms with Gasteiger partial charge in [-0.2, -0.15) is 4.74 Å². The van der Waals surface area contributed by atoms with Crippen LogP contribution >= 0.6 is 0 Å². The summed E-state index contributed by atoms with van der Waals surface area (Å²) in [4.78, 5) is 12.0. The van der Waals surface area contributed by atoms with E-state index in [0.29, 0.717) is 29.0 Å². The van der Waals surface area contributed by atoms with Crippen LogP contribution in [0.5, 0.6) is 11.5 Å². The Bertz CT molecular complexity index is 582.